The molecule has 194 valence electrons. The molecular weight excluding hydrogens is 464 g/mol. The van der Waals surface area contributed by atoms with Crippen molar-refractivity contribution >= 4 is 17.7 Å². The molecule has 37 heavy (non-hydrogen) atoms. The number of likely N-dealkylation sites (tertiary alicyclic amines) is 1. The Labute approximate surface area is 219 Å². The summed E-state index contributed by atoms with van der Waals surface area (Å²) in [6.45, 7) is 3.28. The third-order valence-corrected chi connectivity index (χ3v) is 6.86. The summed E-state index contributed by atoms with van der Waals surface area (Å²) in [5, 5.41) is 5.83. The minimum absolute atomic E-state index is 0.00921. The molecule has 0 bridgehead atoms. The summed E-state index contributed by atoms with van der Waals surface area (Å²) in [5.74, 6) is -0.233. The van der Waals surface area contributed by atoms with Gasteiger partial charge in [0.15, 0.2) is 0 Å². The van der Waals surface area contributed by atoms with Crippen molar-refractivity contribution in [2.24, 2.45) is 11.7 Å². The fourth-order valence-electron chi connectivity index (χ4n) is 4.73. The molecule has 1 fully saturated rings. The van der Waals surface area contributed by atoms with E-state index in [9.17, 15) is 9.59 Å². The van der Waals surface area contributed by atoms with Gasteiger partial charge in [0.05, 0.1) is 0 Å². The molecule has 0 radical (unpaired) electrons. The number of amides is 2. The number of piperidine rings is 1. The summed E-state index contributed by atoms with van der Waals surface area (Å²) in [6, 6.07) is 26.7. The van der Waals surface area contributed by atoms with E-state index in [4.69, 9.17) is 10.5 Å². The molecular formula is C30H36N4O3. The number of rotatable bonds is 10. The first kappa shape index (κ1) is 26.4. The number of hydrogen-bond donors (Lipinski definition) is 3. The third-order valence-electron chi connectivity index (χ3n) is 6.86. The summed E-state index contributed by atoms with van der Waals surface area (Å²) in [4.78, 5) is 28.5. The van der Waals surface area contributed by atoms with Crippen LogP contribution in [0.1, 0.15) is 29.5 Å². The van der Waals surface area contributed by atoms with Gasteiger partial charge < -0.3 is 26.0 Å². The molecule has 1 saturated heterocycles. The second kappa shape index (κ2) is 13.6. The van der Waals surface area contributed by atoms with Crippen molar-refractivity contribution in [3.63, 3.8) is 0 Å². The number of hydrogen-bond acceptors (Lipinski definition) is 5. The van der Waals surface area contributed by atoms with Crippen molar-refractivity contribution in [3.8, 4) is 0 Å². The van der Waals surface area contributed by atoms with Crippen LogP contribution in [-0.4, -0.2) is 42.6 Å². The molecule has 7 heteroatoms. The molecule has 2 amide bonds. The number of nitrogens with one attached hydrogen (secondary N) is 2. The van der Waals surface area contributed by atoms with Crippen molar-refractivity contribution in [1.29, 1.82) is 0 Å². The number of alkyl carbamates (subject to hydrolysis) is 1. The second-order valence-electron chi connectivity index (χ2n) is 9.49. The molecule has 0 unspecified atom stereocenters. The second-order valence-corrected chi connectivity index (χ2v) is 9.49. The largest absolute Gasteiger partial charge is 0.445 e. The average Bonchev–Trinajstić information content (AvgIpc) is 2.95. The van der Waals surface area contributed by atoms with E-state index in [1.54, 1.807) is 0 Å². The van der Waals surface area contributed by atoms with Crippen LogP contribution in [0, 0.1) is 5.92 Å². The predicted molar refractivity (Wildman–Crippen MR) is 146 cm³/mol. The molecule has 0 saturated carbocycles. The van der Waals surface area contributed by atoms with Crippen molar-refractivity contribution in [2.75, 3.05) is 25.0 Å². The first-order valence-corrected chi connectivity index (χ1v) is 12.9. The number of nitrogens with zero attached hydrogens (tertiary/aromatic N) is 1. The van der Waals surface area contributed by atoms with Crippen LogP contribution in [0.3, 0.4) is 0 Å². The minimum atomic E-state index is -0.693. The Morgan fingerprint density at radius 3 is 2.22 bits per heavy atom. The first-order chi connectivity index (χ1) is 18.1. The van der Waals surface area contributed by atoms with E-state index in [1.807, 2.05) is 60.7 Å². The molecule has 3 aromatic rings. The van der Waals surface area contributed by atoms with Gasteiger partial charge in [-0.15, -0.1) is 0 Å². The zero-order valence-electron chi connectivity index (χ0n) is 21.1. The molecule has 0 aliphatic carbocycles. The lowest BCUT2D eigenvalue weighted by atomic mass is 9.88. The summed E-state index contributed by atoms with van der Waals surface area (Å²) in [6.07, 6.45) is 2.03. The fourth-order valence-corrected chi connectivity index (χ4v) is 4.73. The average molecular weight is 501 g/mol. The van der Waals surface area contributed by atoms with Crippen molar-refractivity contribution in [2.45, 2.75) is 38.5 Å². The minimum Gasteiger partial charge on any atom is -0.445 e. The number of nitrogens with two attached hydrogens (primary N) is 1. The van der Waals surface area contributed by atoms with Gasteiger partial charge in [-0.3, -0.25) is 4.79 Å². The van der Waals surface area contributed by atoms with E-state index in [-0.39, 0.29) is 18.4 Å². The quantitative estimate of drug-likeness (QED) is 0.385. The monoisotopic (exact) mass is 500 g/mol. The van der Waals surface area contributed by atoms with Gasteiger partial charge in [-0.2, -0.15) is 0 Å². The van der Waals surface area contributed by atoms with Crippen molar-refractivity contribution in [1.82, 2.24) is 10.2 Å². The molecule has 1 heterocycles. The van der Waals surface area contributed by atoms with Gasteiger partial charge >= 0.3 is 6.09 Å². The van der Waals surface area contributed by atoms with Gasteiger partial charge in [0, 0.05) is 18.8 Å². The number of ether oxygens (including phenoxy) is 1. The van der Waals surface area contributed by atoms with E-state index in [1.165, 1.54) is 5.56 Å². The Morgan fingerprint density at radius 1 is 0.892 bits per heavy atom. The van der Waals surface area contributed by atoms with Gasteiger partial charge in [0.1, 0.15) is 12.6 Å². The van der Waals surface area contributed by atoms with Crippen LogP contribution >= 0.6 is 0 Å². The van der Waals surface area contributed by atoms with E-state index < -0.39 is 12.1 Å². The number of benzene rings is 3. The smallest absolute Gasteiger partial charge is 0.408 e. The van der Waals surface area contributed by atoms with E-state index in [0.717, 1.165) is 50.0 Å². The Bertz CT molecular complexity index is 1130. The van der Waals surface area contributed by atoms with Crippen LogP contribution in [0.4, 0.5) is 10.5 Å². The topological polar surface area (TPSA) is 96.7 Å². The van der Waals surface area contributed by atoms with Crippen LogP contribution in [0.2, 0.25) is 0 Å². The third kappa shape index (κ3) is 8.17. The maximum absolute atomic E-state index is 13.4. The van der Waals surface area contributed by atoms with Gasteiger partial charge in [0.25, 0.3) is 0 Å². The Balaban J connectivity index is 1.37. The van der Waals surface area contributed by atoms with Crippen LogP contribution in [0.15, 0.2) is 84.9 Å². The molecule has 3 aromatic carbocycles. The zero-order chi connectivity index (χ0) is 25.9. The molecule has 7 nitrogen and oxygen atoms in total. The lowest BCUT2D eigenvalue weighted by Crippen LogP contribution is -2.51. The fraction of sp³-hybridized carbons (Fsp3) is 0.333. The predicted octanol–water partition coefficient (Wildman–Crippen LogP) is 4.33. The van der Waals surface area contributed by atoms with Crippen LogP contribution in [0.25, 0.3) is 0 Å². The highest BCUT2D eigenvalue weighted by atomic mass is 16.5. The van der Waals surface area contributed by atoms with Gasteiger partial charge in [-0.05, 0) is 67.1 Å². The summed E-state index contributed by atoms with van der Waals surface area (Å²) in [5.41, 5.74) is 9.57. The molecule has 0 aromatic heterocycles. The maximum Gasteiger partial charge on any atom is 0.408 e. The van der Waals surface area contributed by atoms with Crippen molar-refractivity contribution < 1.29 is 14.3 Å². The number of anilines is 1. The van der Waals surface area contributed by atoms with E-state index >= 15 is 0 Å². The maximum atomic E-state index is 13.4. The zero-order valence-corrected chi connectivity index (χ0v) is 21.1. The Kier molecular flexibility index (Phi) is 9.68. The lowest BCUT2D eigenvalue weighted by molar-refractivity contribution is -0.119. The summed E-state index contributed by atoms with van der Waals surface area (Å²) in [7, 11) is 0. The summed E-state index contributed by atoms with van der Waals surface area (Å²) < 4.78 is 5.44. The molecule has 4 rings (SSSR count). The first-order valence-electron chi connectivity index (χ1n) is 12.9. The van der Waals surface area contributed by atoms with Gasteiger partial charge in [-0.25, -0.2) is 4.79 Å². The number of carbonyl (C=O) groups excluding carboxylic acids is 2. The molecule has 1 aliphatic heterocycles. The van der Waals surface area contributed by atoms with Crippen molar-refractivity contribution in [3.05, 3.63) is 102 Å². The Hall–Kier alpha value is -3.68. The standard InChI is InChI=1S/C30H36N4O3/c31-21-25-12-7-13-27(20-25)32-29(35)28(33-30(36)37-22-24-10-5-2-6-11-24)26-15-18-34(19-16-26)17-14-23-8-3-1-4-9-23/h1-13,20,26,28H,14-19,21-22,31H2,(H,32,35)(H,33,36)/t28-/m1/s1. The highest BCUT2D eigenvalue weighted by molar-refractivity contribution is 5.96. The number of carbonyl (C=O) groups is 2. The molecule has 1 aliphatic rings. The van der Waals surface area contributed by atoms with E-state index in [2.05, 4.69) is 39.8 Å². The summed E-state index contributed by atoms with van der Waals surface area (Å²) >= 11 is 0. The van der Waals surface area contributed by atoms with Crippen LogP contribution < -0.4 is 16.4 Å². The van der Waals surface area contributed by atoms with Gasteiger partial charge in [0.2, 0.25) is 5.91 Å². The normalized spacial score (nSPS) is 15.1. The van der Waals surface area contributed by atoms with Crippen LogP contribution in [-0.2, 0) is 29.1 Å². The SMILES string of the molecule is NCc1cccc(NC(=O)[C@H](NC(=O)OCc2ccccc2)C2CCN(CCc3ccccc3)CC2)c1. The molecule has 4 N–H and O–H groups in total. The Morgan fingerprint density at radius 2 is 1.54 bits per heavy atom. The van der Waals surface area contributed by atoms with Gasteiger partial charge in [-0.1, -0.05) is 72.8 Å². The lowest BCUT2D eigenvalue weighted by Gasteiger charge is -2.35. The van der Waals surface area contributed by atoms with E-state index in [0.29, 0.717) is 12.2 Å². The molecule has 0 spiro atoms. The molecule has 1 atom stereocenters. The highest BCUT2D eigenvalue weighted by Crippen LogP contribution is 2.23. The highest BCUT2D eigenvalue weighted by Gasteiger charge is 2.33. The van der Waals surface area contributed by atoms with Crippen LogP contribution in [0.5, 0.6) is 0 Å².